The van der Waals surface area contributed by atoms with E-state index in [0.717, 1.165) is 19.7 Å². The lowest BCUT2D eigenvalue weighted by Crippen LogP contribution is -2.33. The van der Waals surface area contributed by atoms with Gasteiger partial charge >= 0.3 is 0 Å². The van der Waals surface area contributed by atoms with E-state index < -0.39 is 0 Å². The van der Waals surface area contributed by atoms with Crippen LogP contribution in [-0.2, 0) is 11.3 Å². The van der Waals surface area contributed by atoms with Crippen molar-refractivity contribution in [2.45, 2.75) is 38.3 Å². The molecule has 0 radical (unpaired) electrons. The summed E-state index contributed by atoms with van der Waals surface area (Å²) in [5, 5.41) is 4.15. The Morgan fingerprint density at radius 2 is 2.25 bits per heavy atom. The molecular weight excluding hydrogens is 202 g/mol. The summed E-state index contributed by atoms with van der Waals surface area (Å²) >= 11 is 0. The van der Waals surface area contributed by atoms with Crippen molar-refractivity contribution in [3.63, 3.8) is 0 Å². The van der Waals surface area contributed by atoms with Crippen molar-refractivity contribution in [2.75, 3.05) is 13.2 Å². The second-order valence-electron chi connectivity index (χ2n) is 4.46. The van der Waals surface area contributed by atoms with Crippen LogP contribution in [0.5, 0.6) is 0 Å². The van der Waals surface area contributed by atoms with Crippen LogP contribution in [0.4, 0.5) is 0 Å². The van der Waals surface area contributed by atoms with Crippen LogP contribution in [0.3, 0.4) is 0 Å². The third kappa shape index (κ3) is 3.06. The molecule has 2 atom stereocenters. The number of rotatable bonds is 5. The summed E-state index contributed by atoms with van der Waals surface area (Å²) in [6.45, 7) is 2.33. The smallest absolute Gasteiger partial charge is 0.0666 e. The molecule has 4 heteroatoms. The average Bonchev–Trinajstić information content (AvgIpc) is 2.83. The molecule has 1 saturated carbocycles. The molecule has 2 unspecified atom stereocenters. The summed E-state index contributed by atoms with van der Waals surface area (Å²) < 4.78 is 7.82. The van der Waals surface area contributed by atoms with Gasteiger partial charge in [-0.15, -0.1) is 0 Å². The normalized spacial score (nSPS) is 25.8. The van der Waals surface area contributed by atoms with Gasteiger partial charge in [-0.3, -0.25) is 4.68 Å². The predicted molar refractivity (Wildman–Crippen MR) is 63.0 cm³/mol. The van der Waals surface area contributed by atoms with E-state index in [9.17, 15) is 0 Å². The molecule has 1 heterocycles. The van der Waals surface area contributed by atoms with Crippen molar-refractivity contribution >= 4 is 0 Å². The summed E-state index contributed by atoms with van der Waals surface area (Å²) in [6.07, 6.45) is 9.11. The van der Waals surface area contributed by atoms with E-state index in [4.69, 9.17) is 10.5 Å². The molecule has 16 heavy (non-hydrogen) atoms. The van der Waals surface area contributed by atoms with Gasteiger partial charge in [0.05, 0.1) is 19.3 Å². The Balaban J connectivity index is 1.71. The molecule has 0 aliphatic heterocycles. The van der Waals surface area contributed by atoms with Crippen LogP contribution in [0.15, 0.2) is 18.5 Å². The van der Waals surface area contributed by atoms with Gasteiger partial charge in [-0.2, -0.15) is 5.10 Å². The first kappa shape index (κ1) is 11.6. The van der Waals surface area contributed by atoms with Crippen LogP contribution in [-0.4, -0.2) is 29.0 Å². The second kappa shape index (κ2) is 6.01. The number of hydrogen-bond donors (Lipinski definition) is 1. The largest absolute Gasteiger partial charge is 0.376 e. The van der Waals surface area contributed by atoms with Gasteiger partial charge < -0.3 is 10.5 Å². The number of aromatic nitrogens is 2. The molecule has 2 rings (SSSR count). The first-order valence-electron chi connectivity index (χ1n) is 6.19. The average molecular weight is 223 g/mol. The van der Waals surface area contributed by atoms with Crippen molar-refractivity contribution < 1.29 is 4.74 Å². The molecule has 1 aliphatic rings. The highest BCUT2D eigenvalue weighted by atomic mass is 16.5. The zero-order chi connectivity index (χ0) is 11.2. The van der Waals surface area contributed by atoms with Crippen LogP contribution >= 0.6 is 0 Å². The zero-order valence-electron chi connectivity index (χ0n) is 9.72. The van der Waals surface area contributed by atoms with E-state index in [1.807, 2.05) is 16.9 Å². The fourth-order valence-electron chi connectivity index (χ4n) is 2.39. The molecule has 0 saturated heterocycles. The SMILES string of the molecule is NCC1CCCCC1OCCn1cccn1. The number of nitrogens with zero attached hydrogens (tertiary/aromatic N) is 2. The first-order valence-corrected chi connectivity index (χ1v) is 6.19. The minimum Gasteiger partial charge on any atom is -0.376 e. The van der Waals surface area contributed by atoms with Gasteiger partial charge in [0.15, 0.2) is 0 Å². The molecule has 4 nitrogen and oxygen atoms in total. The Kier molecular flexibility index (Phi) is 4.36. The fourth-order valence-corrected chi connectivity index (χ4v) is 2.39. The van der Waals surface area contributed by atoms with E-state index in [2.05, 4.69) is 5.10 Å². The summed E-state index contributed by atoms with van der Waals surface area (Å²) in [5.41, 5.74) is 5.76. The van der Waals surface area contributed by atoms with Crippen LogP contribution in [0.25, 0.3) is 0 Å². The van der Waals surface area contributed by atoms with E-state index >= 15 is 0 Å². The Labute approximate surface area is 96.8 Å². The molecule has 0 aromatic carbocycles. The maximum Gasteiger partial charge on any atom is 0.0666 e. The second-order valence-corrected chi connectivity index (χ2v) is 4.46. The molecular formula is C12H21N3O. The fraction of sp³-hybridized carbons (Fsp3) is 0.750. The Morgan fingerprint density at radius 1 is 1.38 bits per heavy atom. The van der Waals surface area contributed by atoms with Crippen molar-refractivity contribution in [2.24, 2.45) is 11.7 Å². The minimum absolute atomic E-state index is 0.370. The number of ether oxygens (including phenoxy) is 1. The lowest BCUT2D eigenvalue weighted by atomic mass is 9.86. The zero-order valence-corrected chi connectivity index (χ0v) is 9.72. The molecule has 0 amide bonds. The monoisotopic (exact) mass is 223 g/mol. The molecule has 90 valence electrons. The third-order valence-corrected chi connectivity index (χ3v) is 3.35. The van der Waals surface area contributed by atoms with E-state index in [1.165, 1.54) is 25.7 Å². The first-order chi connectivity index (χ1) is 7.90. The highest BCUT2D eigenvalue weighted by Crippen LogP contribution is 2.25. The molecule has 1 aromatic rings. The standard InChI is InChI=1S/C12H21N3O/c13-10-11-4-1-2-5-12(11)16-9-8-15-7-3-6-14-15/h3,6-7,11-12H,1-2,4-5,8-10,13H2. The highest BCUT2D eigenvalue weighted by Gasteiger charge is 2.24. The van der Waals surface area contributed by atoms with Gasteiger partial charge in [0.1, 0.15) is 0 Å². The van der Waals surface area contributed by atoms with Crippen LogP contribution in [0, 0.1) is 5.92 Å². The van der Waals surface area contributed by atoms with Gasteiger partial charge in [0.2, 0.25) is 0 Å². The molecule has 1 aliphatic carbocycles. The lowest BCUT2D eigenvalue weighted by molar-refractivity contribution is -0.0122. The number of hydrogen-bond acceptors (Lipinski definition) is 3. The van der Waals surface area contributed by atoms with Crippen molar-refractivity contribution in [3.05, 3.63) is 18.5 Å². The topological polar surface area (TPSA) is 53.1 Å². The minimum atomic E-state index is 0.370. The molecule has 0 spiro atoms. The van der Waals surface area contributed by atoms with Crippen LogP contribution < -0.4 is 5.73 Å². The van der Waals surface area contributed by atoms with Gasteiger partial charge in [0.25, 0.3) is 0 Å². The van der Waals surface area contributed by atoms with Crippen molar-refractivity contribution in [3.8, 4) is 0 Å². The van der Waals surface area contributed by atoms with Gasteiger partial charge in [-0.25, -0.2) is 0 Å². The van der Waals surface area contributed by atoms with E-state index in [-0.39, 0.29) is 0 Å². The molecule has 0 bridgehead atoms. The summed E-state index contributed by atoms with van der Waals surface area (Å²) in [6, 6.07) is 1.93. The predicted octanol–water partition coefficient (Wildman–Crippen LogP) is 1.42. The van der Waals surface area contributed by atoms with E-state index in [0.29, 0.717) is 12.0 Å². The van der Waals surface area contributed by atoms with Crippen molar-refractivity contribution in [1.29, 1.82) is 0 Å². The van der Waals surface area contributed by atoms with Crippen LogP contribution in [0.1, 0.15) is 25.7 Å². The van der Waals surface area contributed by atoms with Gasteiger partial charge in [0, 0.05) is 12.4 Å². The Hall–Kier alpha value is -0.870. The molecule has 2 N–H and O–H groups in total. The Bertz CT molecular complexity index is 286. The number of nitrogens with two attached hydrogens (primary N) is 1. The summed E-state index contributed by atoms with van der Waals surface area (Å²) in [4.78, 5) is 0. The molecule has 1 fully saturated rings. The third-order valence-electron chi connectivity index (χ3n) is 3.35. The van der Waals surface area contributed by atoms with Gasteiger partial charge in [-0.05, 0) is 31.4 Å². The van der Waals surface area contributed by atoms with Crippen molar-refractivity contribution in [1.82, 2.24) is 9.78 Å². The highest BCUT2D eigenvalue weighted by molar-refractivity contribution is 4.78. The maximum absolute atomic E-state index is 5.92. The lowest BCUT2D eigenvalue weighted by Gasteiger charge is -2.30. The maximum atomic E-state index is 5.92. The van der Waals surface area contributed by atoms with Gasteiger partial charge in [-0.1, -0.05) is 12.8 Å². The molecule has 1 aromatic heterocycles. The van der Waals surface area contributed by atoms with E-state index in [1.54, 1.807) is 6.20 Å². The Morgan fingerprint density at radius 3 is 3.00 bits per heavy atom. The van der Waals surface area contributed by atoms with Crippen LogP contribution in [0.2, 0.25) is 0 Å². The summed E-state index contributed by atoms with van der Waals surface area (Å²) in [7, 11) is 0. The quantitative estimate of drug-likeness (QED) is 0.821. The summed E-state index contributed by atoms with van der Waals surface area (Å²) in [5.74, 6) is 0.561.